The van der Waals surface area contributed by atoms with Crippen LogP contribution in [0.25, 0.3) is 0 Å². The maximum Gasteiger partial charge on any atom is 0.250 e. The number of hydrogen-bond donors (Lipinski definition) is 0. The predicted octanol–water partition coefficient (Wildman–Crippen LogP) is 5.26. The first kappa shape index (κ1) is 17.4. The number of rotatable bonds is 3. The van der Waals surface area contributed by atoms with E-state index in [0.717, 1.165) is 7.11 Å². The molecule has 0 amide bonds. The normalized spacial score (nSPS) is 12.5. The molecule has 0 saturated carbocycles. The molecule has 1 aromatic carbocycles. The molecule has 0 atom stereocenters. The Hall–Kier alpha value is -0.693. The fraction of sp³-hybridized carbons (Fsp3) is 0.538. The molecule has 0 aliphatic carbocycles. The third-order valence-electron chi connectivity index (χ3n) is 3.55. The molecule has 0 unspecified atom stereocenters. The van der Waals surface area contributed by atoms with Crippen LogP contribution in [-0.4, -0.2) is 15.4 Å². The summed E-state index contributed by atoms with van der Waals surface area (Å²) in [6.07, 6.45) is 0. The van der Waals surface area contributed by atoms with E-state index in [4.69, 9.17) is 4.43 Å². The van der Waals surface area contributed by atoms with Gasteiger partial charge in [-0.2, -0.15) is 8.78 Å². The van der Waals surface area contributed by atoms with E-state index in [-0.39, 0.29) is 9.51 Å². The third-order valence-corrected chi connectivity index (χ3v) is 8.59. The van der Waals surface area contributed by atoms with Crippen molar-refractivity contribution in [2.45, 2.75) is 38.9 Å². The van der Waals surface area contributed by atoms with Gasteiger partial charge in [0.1, 0.15) is 4.47 Å². The molecular weight excluding hydrogens is 353 g/mol. The van der Waals surface area contributed by atoms with Crippen LogP contribution in [0.2, 0.25) is 18.1 Å². The standard InChI is InChI=1S/C13H18BrF3O2Si/c1-13(2,3)20(5,6)19-12-8(15)7(14)11(18-4)9(16)10(12)17/h1-6H3. The Morgan fingerprint density at radius 1 is 0.950 bits per heavy atom. The van der Waals surface area contributed by atoms with Gasteiger partial charge >= 0.3 is 0 Å². The van der Waals surface area contributed by atoms with Gasteiger partial charge in [0.2, 0.25) is 11.6 Å². The maximum atomic E-state index is 14.2. The molecule has 7 heteroatoms. The highest BCUT2D eigenvalue weighted by Crippen LogP contribution is 2.43. The van der Waals surface area contributed by atoms with Crippen molar-refractivity contribution < 1.29 is 22.3 Å². The van der Waals surface area contributed by atoms with Crippen LogP contribution < -0.4 is 9.16 Å². The summed E-state index contributed by atoms with van der Waals surface area (Å²) in [7, 11) is -1.35. The van der Waals surface area contributed by atoms with Crippen molar-refractivity contribution >= 4 is 24.2 Å². The molecule has 20 heavy (non-hydrogen) atoms. The molecule has 0 radical (unpaired) electrons. The summed E-state index contributed by atoms with van der Waals surface area (Å²) < 4.78 is 51.9. The van der Waals surface area contributed by atoms with Gasteiger partial charge in [-0.15, -0.1) is 0 Å². The van der Waals surface area contributed by atoms with Gasteiger partial charge in [-0.05, 0) is 34.1 Å². The lowest BCUT2D eigenvalue weighted by Crippen LogP contribution is -2.44. The van der Waals surface area contributed by atoms with Crippen molar-refractivity contribution in [1.82, 2.24) is 0 Å². The lowest BCUT2D eigenvalue weighted by atomic mass is 10.2. The highest BCUT2D eigenvalue weighted by molar-refractivity contribution is 9.10. The SMILES string of the molecule is COc1c(F)c(F)c(O[Si](C)(C)C(C)(C)C)c(F)c1Br. The Morgan fingerprint density at radius 3 is 1.80 bits per heavy atom. The smallest absolute Gasteiger partial charge is 0.250 e. The van der Waals surface area contributed by atoms with Crippen LogP contribution in [-0.2, 0) is 0 Å². The third kappa shape index (κ3) is 2.98. The summed E-state index contributed by atoms with van der Waals surface area (Å²) in [5, 5.41) is -0.269. The van der Waals surface area contributed by atoms with E-state index in [2.05, 4.69) is 20.7 Å². The predicted molar refractivity (Wildman–Crippen MR) is 78.4 cm³/mol. The summed E-state index contributed by atoms with van der Waals surface area (Å²) in [5.41, 5.74) is 0. The molecule has 0 aliphatic rings. The first-order valence-electron chi connectivity index (χ1n) is 6.03. The largest absolute Gasteiger partial charge is 0.539 e. The average molecular weight is 371 g/mol. The second-order valence-corrected chi connectivity index (χ2v) is 11.5. The van der Waals surface area contributed by atoms with Crippen molar-refractivity contribution in [3.8, 4) is 11.5 Å². The van der Waals surface area contributed by atoms with Crippen molar-refractivity contribution in [1.29, 1.82) is 0 Å². The topological polar surface area (TPSA) is 18.5 Å². The van der Waals surface area contributed by atoms with Crippen LogP contribution in [0.3, 0.4) is 0 Å². The van der Waals surface area contributed by atoms with E-state index in [1.807, 2.05) is 33.9 Å². The minimum atomic E-state index is -2.49. The molecule has 0 saturated heterocycles. The lowest BCUT2D eigenvalue weighted by molar-refractivity contribution is 0.345. The van der Waals surface area contributed by atoms with Gasteiger partial charge in [-0.3, -0.25) is 0 Å². The van der Waals surface area contributed by atoms with Crippen LogP contribution >= 0.6 is 15.9 Å². The zero-order chi connectivity index (χ0) is 15.9. The molecule has 0 spiro atoms. The molecule has 0 aliphatic heterocycles. The number of benzene rings is 1. The van der Waals surface area contributed by atoms with Crippen molar-refractivity contribution in [3.05, 3.63) is 21.9 Å². The number of hydrogen-bond acceptors (Lipinski definition) is 2. The molecule has 1 aromatic rings. The molecule has 0 heterocycles. The van der Waals surface area contributed by atoms with Crippen LogP contribution in [0, 0.1) is 17.5 Å². The van der Waals surface area contributed by atoms with E-state index >= 15 is 0 Å². The van der Waals surface area contributed by atoms with E-state index in [0.29, 0.717) is 0 Å². The van der Waals surface area contributed by atoms with E-state index in [1.165, 1.54) is 0 Å². The lowest BCUT2D eigenvalue weighted by Gasteiger charge is -2.36. The number of ether oxygens (including phenoxy) is 1. The monoisotopic (exact) mass is 370 g/mol. The Labute approximate surface area is 126 Å². The first-order valence-corrected chi connectivity index (χ1v) is 9.73. The summed E-state index contributed by atoms with van der Waals surface area (Å²) in [5.74, 6) is -4.84. The Balaban J connectivity index is 3.42. The van der Waals surface area contributed by atoms with Crippen LogP contribution in [0.5, 0.6) is 11.5 Å². The number of halogens is 4. The molecule has 0 fully saturated rings. The molecule has 2 nitrogen and oxygen atoms in total. The van der Waals surface area contributed by atoms with E-state index in [9.17, 15) is 13.2 Å². The van der Waals surface area contributed by atoms with Crippen LogP contribution in [0.1, 0.15) is 20.8 Å². The van der Waals surface area contributed by atoms with E-state index in [1.54, 1.807) is 0 Å². The second-order valence-electron chi connectivity index (χ2n) is 5.98. The van der Waals surface area contributed by atoms with Crippen molar-refractivity contribution in [3.63, 3.8) is 0 Å². The quantitative estimate of drug-likeness (QED) is 0.533. The van der Waals surface area contributed by atoms with Gasteiger partial charge in [0.25, 0.3) is 8.32 Å². The van der Waals surface area contributed by atoms with Gasteiger partial charge in [0.05, 0.1) is 7.11 Å². The molecule has 0 aromatic heterocycles. The average Bonchev–Trinajstić information content (AvgIpc) is 2.31. The van der Waals surface area contributed by atoms with Gasteiger partial charge in [0, 0.05) is 0 Å². The molecule has 0 N–H and O–H groups in total. The summed E-state index contributed by atoms with van der Waals surface area (Å²) >= 11 is 2.86. The van der Waals surface area contributed by atoms with E-state index < -0.39 is 37.3 Å². The zero-order valence-electron chi connectivity index (χ0n) is 12.3. The highest BCUT2D eigenvalue weighted by atomic mass is 79.9. The minimum absolute atomic E-state index is 0.269. The van der Waals surface area contributed by atoms with Gasteiger partial charge in [-0.25, -0.2) is 4.39 Å². The molecular formula is C13H18BrF3O2Si. The molecule has 114 valence electrons. The van der Waals surface area contributed by atoms with Gasteiger partial charge < -0.3 is 9.16 Å². The Bertz CT molecular complexity index is 498. The van der Waals surface area contributed by atoms with Gasteiger partial charge in [0.15, 0.2) is 17.3 Å². The zero-order valence-corrected chi connectivity index (χ0v) is 14.9. The summed E-state index contributed by atoms with van der Waals surface area (Å²) in [6, 6.07) is 0. The molecule has 1 rings (SSSR count). The highest BCUT2D eigenvalue weighted by Gasteiger charge is 2.41. The fourth-order valence-electron chi connectivity index (χ4n) is 1.27. The van der Waals surface area contributed by atoms with Gasteiger partial charge in [-0.1, -0.05) is 20.8 Å². The second kappa shape index (κ2) is 5.59. The van der Waals surface area contributed by atoms with Crippen molar-refractivity contribution in [2.75, 3.05) is 7.11 Å². The summed E-state index contributed by atoms with van der Waals surface area (Å²) in [6.45, 7) is 9.40. The first-order chi connectivity index (χ1) is 8.94. The minimum Gasteiger partial charge on any atom is -0.539 e. The van der Waals surface area contributed by atoms with Crippen LogP contribution in [0.15, 0.2) is 4.47 Å². The summed E-state index contributed by atoms with van der Waals surface area (Å²) in [4.78, 5) is 0. The number of methoxy groups -OCH3 is 1. The van der Waals surface area contributed by atoms with Crippen molar-refractivity contribution in [2.24, 2.45) is 0 Å². The fourth-order valence-corrected chi connectivity index (χ4v) is 2.78. The Kier molecular flexibility index (Phi) is 4.86. The molecule has 0 bridgehead atoms. The maximum absolute atomic E-state index is 14.2. The van der Waals surface area contributed by atoms with Crippen LogP contribution in [0.4, 0.5) is 13.2 Å². The Morgan fingerprint density at radius 2 is 1.40 bits per heavy atom.